The summed E-state index contributed by atoms with van der Waals surface area (Å²) in [4.78, 5) is 10.6. The molecule has 4 N–H and O–H groups in total. The largest absolute Gasteiger partial charge is 0.366 e. The van der Waals surface area contributed by atoms with Gasteiger partial charge in [-0.2, -0.15) is 0 Å². The molecule has 1 rings (SSSR count). The van der Waals surface area contributed by atoms with Gasteiger partial charge in [0.15, 0.2) is 0 Å². The summed E-state index contributed by atoms with van der Waals surface area (Å²) in [6.07, 6.45) is 5.91. The van der Waals surface area contributed by atoms with Crippen molar-refractivity contribution in [3.8, 4) is 0 Å². The maximum atomic E-state index is 10.6. The van der Waals surface area contributed by atoms with E-state index in [1.165, 1.54) is 0 Å². The lowest BCUT2D eigenvalue weighted by molar-refractivity contribution is -0.114. The predicted octanol–water partition coefficient (Wildman–Crippen LogP) is 0.0754. The van der Waals surface area contributed by atoms with Crippen LogP contribution in [0.4, 0.5) is 0 Å². The first kappa shape index (κ1) is 8.01. The normalized spacial score (nSPS) is 29.8. The number of primary amides is 1. The molecule has 3 nitrogen and oxygen atoms in total. The molecular weight excluding hydrogens is 140 g/mol. The minimum atomic E-state index is -0.392. The first-order chi connectivity index (χ1) is 5.01. The van der Waals surface area contributed by atoms with Gasteiger partial charge in [0, 0.05) is 11.1 Å². The zero-order valence-corrected chi connectivity index (χ0v) is 6.50. The van der Waals surface area contributed by atoms with Crippen molar-refractivity contribution in [3.63, 3.8) is 0 Å². The van der Waals surface area contributed by atoms with Crippen LogP contribution in [0.3, 0.4) is 0 Å². The van der Waals surface area contributed by atoms with Gasteiger partial charge in [-0.05, 0) is 13.3 Å². The Morgan fingerprint density at radius 1 is 1.73 bits per heavy atom. The summed E-state index contributed by atoms with van der Waals surface area (Å²) in [5.41, 5.74) is 11.0. The van der Waals surface area contributed by atoms with Crippen LogP contribution in [0.1, 0.15) is 13.3 Å². The van der Waals surface area contributed by atoms with E-state index >= 15 is 0 Å². The summed E-state index contributed by atoms with van der Waals surface area (Å²) in [7, 11) is 0. The van der Waals surface area contributed by atoms with E-state index < -0.39 is 5.91 Å². The quantitative estimate of drug-likeness (QED) is 0.558. The van der Waals surface area contributed by atoms with Crippen LogP contribution >= 0.6 is 0 Å². The van der Waals surface area contributed by atoms with Crippen LogP contribution < -0.4 is 11.5 Å². The zero-order chi connectivity index (χ0) is 8.48. The molecule has 11 heavy (non-hydrogen) atoms. The van der Waals surface area contributed by atoms with E-state index in [2.05, 4.69) is 0 Å². The highest BCUT2D eigenvalue weighted by atomic mass is 16.1. The fraction of sp³-hybridized carbons (Fsp3) is 0.375. The van der Waals surface area contributed by atoms with Crippen LogP contribution in [0.25, 0.3) is 0 Å². The lowest BCUT2D eigenvalue weighted by atomic mass is 9.92. The Morgan fingerprint density at radius 2 is 2.36 bits per heavy atom. The molecule has 1 unspecified atom stereocenters. The van der Waals surface area contributed by atoms with Gasteiger partial charge in [0.1, 0.15) is 0 Å². The SMILES string of the molecule is CC1(N)C=CC(C(N)=O)=CC1. The fourth-order valence-corrected chi connectivity index (χ4v) is 0.929. The summed E-state index contributed by atoms with van der Waals surface area (Å²) in [6, 6.07) is 0. The standard InChI is InChI=1S/C8H12N2O/c1-8(10)4-2-6(3-5-8)7(9)11/h2-4H,5,10H2,1H3,(H2,9,11). The molecule has 0 saturated heterocycles. The smallest absolute Gasteiger partial charge is 0.248 e. The van der Waals surface area contributed by atoms with Crippen molar-refractivity contribution in [1.82, 2.24) is 0 Å². The summed E-state index contributed by atoms with van der Waals surface area (Å²) in [5, 5.41) is 0. The van der Waals surface area contributed by atoms with Crippen LogP contribution in [0, 0.1) is 0 Å². The molecule has 1 amide bonds. The first-order valence-electron chi connectivity index (χ1n) is 3.49. The second kappa shape index (κ2) is 2.51. The molecule has 0 aromatic heterocycles. The minimum absolute atomic E-state index is 0.320. The molecule has 0 aliphatic heterocycles. The molecule has 0 spiro atoms. The molecule has 1 aliphatic carbocycles. The van der Waals surface area contributed by atoms with Gasteiger partial charge >= 0.3 is 0 Å². The van der Waals surface area contributed by atoms with E-state index in [4.69, 9.17) is 11.5 Å². The Morgan fingerprint density at radius 3 is 2.73 bits per heavy atom. The zero-order valence-electron chi connectivity index (χ0n) is 6.50. The van der Waals surface area contributed by atoms with E-state index in [-0.39, 0.29) is 5.54 Å². The molecule has 1 atom stereocenters. The van der Waals surface area contributed by atoms with Crippen molar-refractivity contribution in [2.45, 2.75) is 18.9 Å². The Balaban J connectivity index is 2.75. The third kappa shape index (κ3) is 1.91. The predicted molar refractivity (Wildman–Crippen MR) is 43.6 cm³/mol. The number of hydrogen-bond donors (Lipinski definition) is 2. The average molecular weight is 152 g/mol. The Kier molecular flexibility index (Phi) is 1.83. The molecular formula is C8H12N2O. The topological polar surface area (TPSA) is 69.1 Å². The molecule has 0 saturated carbocycles. The maximum absolute atomic E-state index is 10.6. The molecule has 0 aromatic rings. The third-order valence-electron chi connectivity index (χ3n) is 1.69. The number of carbonyl (C=O) groups is 1. The van der Waals surface area contributed by atoms with Crippen molar-refractivity contribution in [2.24, 2.45) is 11.5 Å². The van der Waals surface area contributed by atoms with Crippen molar-refractivity contribution < 1.29 is 4.79 Å². The van der Waals surface area contributed by atoms with Crippen LogP contribution in [0.5, 0.6) is 0 Å². The molecule has 1 aliphatic rings. The number of amides is 1. The fourth-order valence-electron chi connectivity index (χ4n) is 0.929. The van der Waals surface area contributed by atoms with Crippen molar-refractivity contribution in [1.29, 1.82) is 0 Å². The van der Waals surface area contributed by atoms with Gasteiger partial charge in [0.2, 0.25) is 5.91 Å². The second-order valence-electron chi connectivity index (χ2n) is 3.07. The molecule has 0 heterocycles. The molecule has 0 aromatic carbocycles. The Bertz CT molecular complexity index is 238. The Labute approximate surface area is 65.8 Å². The highest BCUT2D eigenvalue weighted by Crippen LogP contribution is 2.17. The average Bonchev–Trinajstić information content (AvgIpc) is 1.86. The highest BCUT2D eigenvalue weighted by molar-refractivity contribution is 5.95. The Hall–Kier alpha value is -1.09. The first-order valence-corrected chi connectivity index (χ1v) is 3.49. The van der Waals surface area contributed by atoms with E-state index in [1.807, 2.05) is 6.92 Å². The van der Waals surface area contributed by atoms with Gasteiger partial charge in [-0.15, -0.1) is 0 Å². The van der Waals surface area contributed by atoms with Crippen LogP contribution in [-0.2, 0) is 4.79 Å². The van der Waals surface area contributed by atoms with Gasteiger partial charge in [-0.1, -0.05) is 18.2 Å². The minimum Gasteiger partial charge on any atom is -0.366 e. The summed E-state index contributed by atoms with van der Waals surface area (Å²) in [5.74, 6) is -0.392. The number of carbonyl (C=O) groups excluding carboxylic acids is 1. The molecule has 60 valence electrons. The lowest BCUT2D eigenvalue weighted by Crippen LogP contribution is -2.34. The van der Waals surface area contributed by atoms with E-state index in [0.29, 0.717) is 12.0 Å². The van der Waals surface area contributed by atoms with E-state index in [1.54, 1.807) is 18.2 Å². The molecule has 0 radical (unpaired) electrons. The number of rotatable bonds is 1. The summed E-state index contributed by atoms with van der Waals surface area (Å²) in [6.45, 7) is 1.90. The molecule has 0 bridgehead atoms. The van der Waals surface area contributed by atoms with E-state index in [0.717, 1.165) is 0 Å². The number of nitrogens with two attached hydrogens (primary N) is 2. The third-order valence-corrected chi connectivity index (χ3v) is 1.69. The van der Waals surface area contributed by atoms with Crippen molar-refractivity contribution in [3.05, 3.63) is 23.8 Å². The monoisotopic (exact) mass is 152 g/mol. The highest BCUT2D eigenvalue weighted by Gasteiger charge is 2.17. The van der Waals surface area contributed by atoms with Crippen molar-refractivity contribution >= 4 is 5.91 Å². The van der Waals surface area contributed by atoms with Crippen LogP contribution in [0.2, 0.25) is 0 Å². The maximum Gasteiger partial charge on any atom is 0.248 e. The van der Waals surface area contributed by atoms with E-state index in [9.17, 15) is 4.79 Å². The summed E-state index contributed by atoms with van der Waals surface area (Å²) < 4.78 is 0. The van der Waals surface area contributed by atoms with Gasteiger partial charge in [-0.3, -0.25) is 4.79 Å². The second-order valence-corrected chi connectivity index (χ2v) is 3.07. The lowest BCUT2D eigenvalue weighted by Gasteiger charge is -2.21. The van der Waals surface area contributed by atoms with Crippen LogP contribution in [0.15, 0.2) is 23.8 Å². The van der Waals surface area contributed by atoms with Crippen molar-refractivity contribution in [2.75, 3.05) is 0 Å². The van der Waals surface area contributed by atoms with Gasteiger partial charge in [-0.25, -0.2) is 0 Å². The molecule has 0 fully saturated rings. The summed E-state index contributed by atoms with van der Waals surface area (Å²) >= 11 is 0. The van der Waals surface area contributed by atoms with Gasteiger partial charge < -0.3 is 11.5 Å². The molecule has 3 heteroatoms. The van der Waals surface area contributed by atoms with Crippen LogP contribution in [-0.4, -0.2) is 11.4 Å². The number of hydrogen-bond acceptors (Lipinski definition) is 2. The van der Waals surface area contributed by atoms with Gasteiger partial charge in [0.05, 0.1) is 0 Å². The van der Waals surface area contributed by atoms with Gasteiger partial charge in [0.25, 0.3) is 0 Å².